The summed E-state index contributed by atoms with van der Waals surface area (Å²) in [7, 11) is 0. The fourth-order valence-corrected chi connectivity index (χ4v) is 5.76. The van der Waals surface area contributed by atoms with Crippen LogP contribution in [-0.4, -0.2) is 27.8 Å². The molecule has 3 aromatic rings. The van der Waals surface area contributed by atoms with Crippen molar-refractivity contribution < 1.29 is 9.59 Å². The average Bonchev–Trinajstić information content (AvgIpc) is 3.27. The molecule has 0 spiro atoms. The van der Waals surface area contributed by atoms with E-state index < -0.39 is 0 Å². The molecule has 0 radical (unpaired) electrons. The van der Waals surface area contributed by atoms with E-state index in [-0.39, 0.29) is 17.7 Å². The largest absolute Gasteiger partial charge is 0.349 e. The summed E-state index contributed by atoms with van der Waals surface area (Å²) in [5, 5.41) is 6.30. The monoisotopic (exact) mass is 498 g/mol. The van der Waals surface area contributed by atoms with E-state index in [0.29, 0.717) is 17.5 Å². The molecule has 0 bridgehead atoms. The molecule has 1 heterocycles. The van der Waals surface area contributed by atoms with Crippen LogP contribution in [0.15, 0.2) is 54.7 Å². The molecule has 2 aliphatic carbocycles. The van der Waals surface area contributed by atoms with Crippen molar-refractivity contribution in [3.63, 3.8) is 0 Å². The number of benzene rings is 2. The Morgan fingerprint density at radius 2 is 1.46 bits per heavy atom. The summed E-state index contributed by atoms with van der Waals surface area (Å²) in [4.78, 5) is 33.4. The molecule has 0 saturated heterocycles. The molecule has 2 fully saturated rings. The number of imidazole rings is 1. The highest BCUT2D eigenvalue weighted by molar-refractivity contribution is 5.95. The maximum atomic E-state index is 12.7. The van der Waals surface area contributed by atoms with Crippen molar-refractivity contribution in [2.75, 3.05) is 5.32 Å². The first-order valence-electron chi connectivity index (χ1n) is 13.9. The van der Waals surface area contributed by atoms with Crippen molar-refractivity contribution >= 4 is 17.5 Å². The standard InChI is InChI=1S/C31H38N4O2/c1-21-8-6-7-11-27(21)31(37)34-26-18-16-23(17-19-26)29-32-20-28(35-29)22-12-14-24(15-13-22)30(36)33-25-9-4-2-3-5-10-25/h12-21,25,27H,2-11H2,1H3,(H,32,35)(H,33,36)(H,34,37). The molecule has 5 rings (SSSR count). The molecule has 2 amide bonds. The average molecular weight is 499 g/mol. The molecule has 37 heavy (non-hydrogen) atoms. The molecular weight excluding hydrogens is 460 g/mol. The van der Waals surface area contributed by atoms with Gasteiger partial charge in [-0.25, -0.2) is 4.98 Å². The molecule has 2 saturated carbocycles. The number of hydrogen-bond acceptors (Lipinski definition) is 3. The van der Waals surface area contributed by atoms with Gasteiger partial charge in [0.05, 0.1) is 11.9 Å². The quantitative estimate of drug-likeness (QED) is 0.321. The van der Waals surface area contributed by atoms with Crippen molar-refractivity contribution in [1.82, 2.24) is 15.3 Å². The second-order valence-corrected chi connectivity index (χ2v) is 10.8. The zero-order chi connectivity index (χ0) is 25.6. The highest BCUT2D eigenvalue weighted by Crippen LogP contribution is 2.31. The lowest BCUT2D eigenvalue weighted by atomic mass is 9.80. The SMILES string of the molecule is CC1CCCCC1C(=O)Nc1ccc(-c2ncc(-c3ccc(C(=O)NC4CCCCCC4)cc3)[nH]2)cc1. The highest BCUT2D eigenvalue weighted by Gasteiger charge is 2.27. The summed E-state index contributed by atoms with van der Waals surface area (Å²) in [6, 6.07) is 15.8. The molecule has 1 aromatic heterocycles. The second kappa shape index (κ2) is 11.8. The number of H-pyrrole nitrogens is 1. The normalized spacial score (nSPS) is 20.7. The molecule has 0 aliphatic heterocycles. The molecule has 2 unspecified atom stereocenters. The first kappa shape index (κ1) is 25.2. The first-order valence-corrected chi connectivity index (χ1v) is 13.9. The number of carbonyl (C=O) groups excluding carboxylic acids is 2. The van der Waals surface area contributed by atoms with E-state index in [0.717, 1.165) is 60.4 Å². The summed E-state index contributed by atoms with van der Waals surface area (Å²) in [6.45, 7) is 2.18. The van der Waals surface area contributed by atoms with Gasteiger partial charge < -0.3 is 15.6 Å². The van der Waals surface area contributed by atoms with E-state index in [4.69, 9.17) is 0 Å². The van der Waals surface area contributed by atoms with Crippen LogP contribution in [0.5, 0.6) is 0 Å². The summed E-state index contributed by atoms with van der Waals surface area (Å²) in [5.41, 5.74) is 4.34. The number of nitrogens with one attached hydrogen (secondary N) is 3. The predicted octanol–water partition coefficient (Wildman–Crippen LogP) is 6.96. The first-order chi connectivity index (χ1) is 18.1. The Hall–Kier alpha value is -3.41. The zero-order valence-electron chi connectivity index (χ0n) is 21.8. The number of rotatable bonds is 6. The van der Waals surface area contributed by atoms with Crippen molar-refractivity contribution in [3.05, 3.63) is 60.3 Å². The Morgan fingerprint density at radius 3 is 2.16 bits per heavy atom. The third-order valence-corrected chi connectivity index (χ3v) is 8.10. The topological polar surface area (TPSA) is 86.9 Å². The van der Waals surface area contributed by atoms with Crippen molar-refractivity contribution in [3.8, 4) is 22.6 Å². The highest BCUT2D eigenvalue weighted by atomic mass is 16.2. The van der Waals surface area contributed by atoms with Gasteiger partial charge in [0, 0.05) is 28.8 Å². The fourth-order valence-electron chi connectivity index (χ4n) is 5.76. The number of carbonyl (C=O) groups is 2. The van der Waals surface area contributed by atoms with Crippen LogP contribution in [-0.2, 0) is 4.79 Å². The van der Waals surface area contributed by atoms with Gasteiger partial charge in [0.2, 0.25) is 5.91 Å². The van der Waals surface area contributed by atoms with Gasteiger partial charge in [0.25, 0.3) is 5.91 Å². The van der Waals surface area contributed by atoms with Crippen LogP contribution in [0.2, 0.25) is 0 Å². The predicted molar refractivity (Wildman–Crippen MR) is 148 cm³/mol. The number of aromatic nitrogens is 2. The van der Waals surface area contributed by atoms with Crippen molar-refractivity contribution in [2.45, 2.75) is 77.2 Å². The van der Waals surface area contributed by atoms with E-state index in [2.05, 4.69) is 27.5 Å². The number of nitrogens with zero attached hydrogens (tertiary/aromatic N) is 1. The minimum Gasteiger partial charge on any atom is -0.349 e. The van der Waals surface area contributed by atoms with Crippen LogP contribution in [0.1, 0.15) is 81.5 Å². The molecule has 2 atom stereocenters. The lowest BCUT2D eigenvalue weighted by Crippen LogP contribution is -2.34. The Balaban J connectivity index is 1.19. The number of anilines is 1. The van der Waals surface area contributed by atoms with Gasteiger partial charge >= 0.3 is 0 Å². The lowest BCUT2D eigenvalue weighted by Gasteiger charge is -2.27. The van der Waals surface area contributed by atoms with Crippen LogP contribution >= 0.6 is 0 Å². The Kier molecular flexibility index (Phi) is 8.02. The van der Waals surface area contributed by atoms with E-state index in [9.17, 15) is 9.59 Å². The van der Waals surface area contributed by atoms with Crippen molar-refractivity contribution in [1.29, 1.82) is 0 Å². The number of aromatic amines is 1. The fraction of sp³-hybridized carbons (Fsp3) is 0.452. The lowest BCUT2D eigenvalue weighted by molar-refractivity contribution is -0.122. The van der Waals surface area contributed by atoms with Crippen LogP contribution in [0, 0.1) is 11.8 Å². The number of amides is 2. The number of hydrogen-bond donors (Lipinski definition) is 3. The van der Waals surface area contributed by atoms with E-state index >= 15 is 0 Å². The van der Waals surface area contributed by atoms with E-state index in [1.165, 1.54) is 32.1 Å². The third-order valence-electron chi connectivity index (χ3n) is 8.10. The second-order valence-electron chi connectivity index (χ2n) is 10.8. The summed E-state index contributed by atoms with van der Waals surface area (Å²) in [6.07, 6.45) is 13.4. The zero-order valence-corrected chi connectivity index (χ0v) is 21.8. The van der Waals surface area contributed by atoms with Crippen LogP contribution < -0.4 is 10.6 Å². The van der Waals surface area contributed by atoms with Gasteiger partial charge in [-0.2, -0.15) is 0 Å². The molecule has 2 aromatic carbocycles. The van der Waals surface area contributed by atoms with Gasteiger partial charge in [-0.05, 0) is 73.6 Å². The van der Waals surface area contributed by atoms with Crippen LogP contribution in [0.4, 0.5) is 5.69 Å². The summed E-state index contributed by atoms with van der Waals surface area (Å²) >= 11 is 0. The molecule has 194 valence electrons. The van der Waals surface area contributed by atoms with Gasteiger partial charge in [-0.15, -0.1) is 0 Å². The van der Waals surface area contributed by atoms with Gasteiger partial charge in [-0.1, -0.05) is 57.6 Å². The molecule has 2 aliphatic rings. The van der Waals surface area contributed by atoms with Crippen LogP contribution in [0.3, 0.4) is 0 Å². The summed E-state index contributed by atoms with van der Waals surface area (Å²) < 4.78 is 0. The maximum Gasteiger partial charge on any atom is 0.251 e. The van der Waals surface area contributed by atoms with Crippen molar-refractivity contribution in [2.24, 2.45) is 11.8 Å². The Bertz CT molecular complexity index is 1190. The minimum absolute atomic E-state index is 0.00822. The molecule has 3 N–H and O–H groups in total. The van der Waals surface area contributed by atoms with Gasteiger partial charge in [0.1, 0.15) is 5.82 Å². The summed E-state index contributed by atoms with van der Waals surface area (Å²) in [5.74, 6) is 1.46. The Morgan fingerprint density at radius 1 is 0.811 bits per heavy atom. The van der Waals surface area contributed by atoms with E-state index in [1.807, 2.05) is 54.7 Å². The molecule has 6 heteroatoms. The third kappa shape index (κ3) is 6.30. The molecule has 6 nitrogen and oxygen atoms in total. The minimum atomic E-state index is 0.00822. The maximum absolute atomic E-state index is 12.7. The van der Waals surface area contributed by atoms with E-state index in [1.54, 1.807) is 0 Å². The van der Waals surface area contributed by atoms with Gasteiger partial charge in [-0.3, -0.25) is 9.59 Å². The van der Waals surface area contributed by atoms with Gasteiger partial charge in [0.15, 0.2) is 0 Å². The smallest absolute Gasteiger partial charge is 0.251 e. The molecular formula is C31H38N4O2. The Labute approximate surface area is 219 Å². The van der Waals surface area contributed by atoms with Crippen LogP contribution in [0.25, 0.3) is 22.6 Å².